The van der Waals surface area contributed by atoms with Gasteiger partial charge in [-0.3, -0.25) is 0 Å². The van der Waals surface area contributed by atoms with Crippen molar-refractivity contribution in [1.29, 1.82) is 0 Å². The second kappa shape index (κ2) is 7.20. The summed E-state index contributed by atoms with van der Waals surface area (Å²) >= 11 is 0. The number of rotatable bonds is 6. The summed E-state index contributed by atoms with van der Waals surface area (Å²) in [7, 11) is 0. The summed E-state index contributed by atoms with van der Waals surface area (Å²) in [5.41, 5.74) is 0.649. The van der Waals surface area contributed by atoms with Crippen LogP contribution in [0.15, 0.2) is 24.3 Å². The Kier molecular flexibility index (Phi) is 5.59. The van der Waals surface area contributed by atoms with Crippen LogP contribution in [-0.2, 0) is 11.2 Å². The number of phenolic OH excluding ortho intramolecular Hbond substituents is 1. The predicted octanol–water partition coefficient (Wildman–Crippen LogP) is 0.657. The highest BCUT2D eigenvalue weighted by Gasteiger charge is 2.20. The van der Waals surface area contributed by atoms with E-state index in [1.807, 2.05) is 0 Å². The van der Waals surface area contributed by atoms with Gasteiger partial charge in [-0.05, 0) is 17.7 Å². The third-order valence-corrected chi connectivity index (χ3v) is 2.36. The molecule has 0 bridgehead atoms. The van der Waals surface area contributed by atoms with Crippen LogP contribution in [0, 0.1) is 0 Å². The number of benzene rings is 1. The Morgan fingerprint density at radius 3 is 2.42 bits per heavy atom. The first kappa shape index (κ1) is 14.7. The maximum Gasteiger partial charge on any atom is 0.326 e. The number of aromatic hydroxyl groups is 1. The lowest BCUT2D eigenvalue weighted by Gasteiger charge is -2.15. The minimum Gasteiger partial charge on any atom is -0.508 e. The number of carboxylic acid groups (broad SMARTS) is 1. The fourth-order valence-electron chi connectivity index (χ4n) is 1.44. The number of carboxylic acids is 1. The number of phenols is 1. The van der Waals surface area contributed by atoms with E-state index in [1.165, 1.54) is 12.1 Å². The van der Waals surface area contributed by atoms with Gasteiger partial charge in [0.2, 0.25) is 0 Å². The van der Waals surface area contributed by atoms with Crippen LogP contribution in [-0.4, -0.2) is 41.5 Å². The third-order valence-electron chi connectivity index (χ3n) is 2.36. The fraction of sp³-hybridized carbons (Fsp3) is 0.333. The molecule has 19 heavy (non-hydrogen) atoms. The van der Waals surface area contributed by atoms with Gasteiger partial charge >= 0.3 is 12.0 Å². The Hall–Kier alpha value is -2.31. The van der Waals surface area contributed by atoms with Gasteiger partial charge in [-0.25, -0.2) is 14.0 Å². The number of hydrogen-bond acceptors (Lipinski definition) is 3. The van der Waals surface area contributed by atoms with Crippen molar-refractivity contribution in [3.8, 4) is 5.75 Å². The number of amides is 2. The molecule has 0 saturated heterocycles. The van der Waals surface area contributed by atoms with Gasteiger partial charge in [0.1, 0.15) is 18.5 Å². The van der Waals surface area contributed by atoms with Gasteiger partial charge in [0.15, 0.2) is 0 Å². The topological polar surface area (TPSA) is 98.7 Å². The molecule has 0 fully saturated rings. The quantitative estimate of drug-likeness (QED) is 0.610. The normalized spacial score (nSPS) is 11.6. The van der Waals surface area contributed by atoms with Crippen molar-refractivity contribution >= 4 is 12.0 Å². The van der Waals surface area contributed by atoms with Crippen LogP contribution in [0.25, 0.3) is 0 Å². The van der Waals surface area contributed by atoms with Crippen molar-refractivity contribution < 1.29 is 24.2 Å². The van der Waals surface area contributed by atoms with E-state index in [-0.39, 0.29) is 18.7 Å². The number of halogens is 1. The maximum absolute atomic E-state index is 11.9. The molecule has 1 aromatic carbocycles. The zero-order chi connectivity index (χ0) is 14.3. The molecule has 0 unspecified atom stereocenters. The summed E-state index contributed by atoms with van der Waals surface area (Å²) < 4.78 is 11.9. The molecular weight excluding hydrogens is 255 g/mol. The van der Waals surface area contributed by atoms with Crippen molar-refractivity contribution in [2.45, 2.75) is 12.5 Å². The van der Waals surface area contributed by atoms with Crippen LogP contribution < -0.4 is 10.6 Å². The summed E-state index contributed by atoms with van der Waals surface area (Å²) in [6, 6.07) is 4.13. The first-order valence-electron chi connectivity index (χ1n) is 5.64. The number of urea groups is 1. The zero-order valence-electron chi connectivity index (χ0n) is 10.1. The van der Waals surface area contributed by atoms with E-state index in [0.29, 0.717) is 5.56 Å². The molecule has 7 heteroatoms. The van der Waals surface area contributed by atoms with Gasteiger partial charge in [0.05, 0.1) is 0 Å². The van der Waals surface area contributed by atoms with Crippen LogP contribution in [0.5, 0.6) is 5.75 Å². The molecular formula is C12H15FN2O4. The zero-order valence-corrected chi connectivity index (χ0v) is 10.1. The lowest BCUT2D eigenvalue weighted by Crippen LogP contribution is -2.47. The minimum atomic E-state index is -1.19. The van der Waals surface area contributed by atoms with Crippen LogP contribution in [0.3, 0.4) is 0 Å². The standard InChI is InChI=1S/C12H15FN2O4/c13-5-6-14-12(19)15-10(11(17)18)7-8-1-3-9(16)4-2-8/h1-4,10,16H,5-7H2,(H,17,18)(H2,14,15,19)/t10-/m1/s1. The van der Waals surface area contributed by atoms with E-state index in [1.54, 1.807) is 12.1 Å². The second-order valence-corrected chi connectivity index (χ2v) is 3.85. The lowest BCUT2D eigenvalue weighted by molar-refractivity contribution is -0.139. The van der Waals surface area contributed by atoms with Gasteiger partial charge in [0, 0.05) is 13.0 Å². The van der Waals surface area contributed by atoms with Crippen molar-refractivity contribution in [2.75, 3.05) is 13.2 Å². The molecule has 4 N–H and O–H groups in total. The Balaban J connectivity index is 2.60. The van der Waals surface area contributed by atoms with E-state index >= 15 is 0 Å². The fourth-order valence-corrected chi connectivity index (χ4v) is 1.44. The van der Waals surface area contributed by atoms with Crippen molar-refractivity contribution in [1.82, 2.24) is 10.6 Å². The Morgan fingerprint density at radius 1 is 1.26 bits per heavy atom. The van der Waals surface area contributed by atoms with Crippen LogP contribution in [0.4, 0.5) is 9.18 Å². The Bertz CT molecular complexity index is 436. The van der Waals surface area contributed by atoms with Crippen LogP contribution in [0.2, 0.25) is 0 Å². The molecule has 1 atom stereocenters. The molecule has 2 amide bonds. The molecule has 104 valence electrons. The van der Waals surface area contributed by atoms with Gasteiger partial charge < -0.3 is 20.8 Å². The van der Waals surface area contributed by atoms with Crippen LogP contribution >= 0.6 is 0 Å². The smallest absolute Gasteiger partial charge is 0.326 e. The number of nitrogens with one attached hydrogen (secondary N) is 2. The number of carbonyl (C=O) groups excluding carboxylic acids is 1. The highest BCUT2D eigenvalue weighted by molar-refractivity contribution is 5.82. The number of hydrogen-bond donors (Lipinski definition) is 4. The highest BCUT2D eigenvalue weighted by Crippen LogP contribution is 2.11. The first-order chi connectivity index (χ1) is 9.02. The summed E-state index contributed by atoms with van der Waals surface area (Å²) in [4.78, 5) is 22.3. The number of alkyl halides is 1. The third kappa shape index (κ3) is 5.24. The van der Waals surface area contributed by atoms with Gasteiger partial charge in [0.25, 0.3) is 0 Å². The largest absolute Gasteiger partial charge is 0.508 e. The minimum absolute atomic E-state index is 0.0681. The molecule has 1 aromatic rings. The van der Waals surface area contributed by atoms with Crippen molar-refractivity contribution in [2.24, 2.45) is 0 Å². The van der Waals surface area contributed by atoms with E-state index in [9.17, 15) is 14.0 Å². The first-order valence-corrected chi connectivity index (χ1v) is 5.64. The molecule has 0 radical (unpaired) electrons. The van der Waals surface area contributed by atoms with E-state index in [0.717, 1.165) is 0 Å². The molecule has 0 aliphatic heterocycles. The summed E-state index contributed by atoms with van der Waals surface area (Å²) in [6.07, 6.45) is 0.0681. The van der Waals surface area contributed by atoms with Crippen molar-refractivity contribution in [3.63, 3.8) is 0 Å². The average molecular weight is 270 g/mol. The number of aliphatic carboxylic acids is 1. The average Bonchev–Trinajstić information content (AvgIpc) is 2.38. The monoisotopic (exact) mass is 270 g/mol. The molecule has 0 spiro atoms. The Morgan fingerprint density at radius 2 is 1.89 bits per heavy atom. The molecule has 0 aliphatic carbocycles. The summed E-state index contributed by atoms with van der Waals surface area (Å²) in [5, 5.41) is 22.5. The van der Waals surface area contributed by atoms with E-state index < -0.39 is 24.7 Å². The molecule has 1 rings (SSSR count). The predicted molar refractivity (Wildman–Crippen MR) is 65.7 cm³/mol. The SMILES string of the molecule is O=C(NCCF)N[C@H](Cc1ccc(O)cc1)C(=O)O. The van der Waals surface area contributed by atoms with E-state index in [4.69, 9.17) is 10.2 Å². The second-order valence-electron chi connectivity index (χ2n) is 3.85. The molecule has 0 aliphatic rings. The molecule has 6 nitrogen and oxygen atoms in total. The van der Waals surface area contributed by atoms with E-state index in [2.05, 4.69) is 10.6 Å². The molecule has 0 heterocycles. The maximum atomic E-state index is 11.9. The Labute approximate surface area is 109 Å². The summed E-state index contributed by atoms with van der Waals surface area (Å²) in [5.74, 6) is -1.12. The lowest BCUT2D eigenvalue weighted by atomic mass is 10.1. The summed E-state index contributed by atoms with van der Waals surface area (Å²) in [6.45, 7) is -0.888. The van der Waals surface area contributed by atoms with Gasteiger partial charge in [-0.15, -0.1) is 0 Å². The van der Waals surface area contributed by atoms with Crippen LogP contribution in [0.1, 0.15) is 5.56 Å². The van der Waals surface area contributed by atoms with Gasteiger partial charge in [-0.1, -0.05) is 12.1 Å². The molecule has 0 saturated carbocycles. The van der Waals surface area contributed by atoms with Gasteiger partial charge in [-0.2, -0.15) is 0 Å². The molecule has 0 aromatic heterocycles. The highest BCUT2D eigenvalue weighted by atomic mass is 19.1. The van der Waals surface area contributed by atoms with Crippen molar-refractivity contribution in [3.05, 3.63) is 29.8 Å². The number of carbonyl (C=O) groups is 2.